The number of allylic oxidation sites excluding steroid dienone is 1. The molecule has 0 aliphatic carbocycles. The minimum Gasteiger partial charge on any atom is -0.485 e. The number of nitrogens with one attached hydrogen (secondary N) is 1. The zero-order valence-electron chi connectivity index (χ0n) is 17.9. The first-order chi connectivity index (χ1) is 15.5. The third-order valence-electron chi connectivity index (χ3n) is 4.73. The second kappa shape index (κ2) is 9.97. The molecule has 7 nitrogen and oxygen atoms in total. The van der Waals surface area contributed by atoms with E-state index in [4.69, 9.17) is 4.74 Å². The molecule has 0 unspecified atom stereocenters. The number of aromatic nitrogens is 4. The number of thioether (sulfide) groups is 1. The average molecular weight is 466 g/mol. The first-order valence-corrected chi connectivity index (χ1v) is 11.9. The van der Waals surface area contributed by atoms with Crippen LogP contribution >= 0.6 is 23.1 Å². The number of carbonyl (C=O) groups is 1. The molecule has 0 spiro atoms. The van der Waals surface area contributed by atoms with E-state index in [0.717, 1.165) is 27.1 Å². The van der Waals surface area contributed by atoms with Gasteiger partial charge >= 0.3 is 0 Å². The number of amides is 1. The molecule has 0 bridgehead atoms. The van der Waals surface area contributed by atoms with E-state index in [1.165, 1.54) is 23.1 Å². The summed E-state index contributed by atoms with van der Waals surface area (Å²) in [4.78, 5) is 16.9. The first-order valence-electron chi connectivity index (χ1n) is 10.1. The van der Waals surface area contributed by atoms with Gasteiger partial charge in [-0.15, -0.1) is 16.8 Å². The summed E-state index contributed by atoms with van der Waals surface area (Å²) in [6.45, 7) is 8.67. The third-order valence-corrected chi connectivity index (χ3v) is 6.65. The van der Waals surface area contributed by atoms with Gasteiger partial charge in [-0.05, 0) is 37.1 Å². The van der Waals surface area contributed by atoms with E-state index in [9.17, 15) is 4.79 Å². The molecule has 0 fully saturated rings. The summed E-state index contributed by atoms with van der Waals surface area (Å²) in [7, 11) is 0. The molecular formula is C23H23N5O2S2. The normalized spacial score (nSPS) is 10.9. The maximum absolute atomic E-state index is 12.5. The van der Waals surface area contributed by atoms with E-state index >= 15 is 0 Å². The Balaban J connectivity index is 1.40. The van der Waals surface area contributed by atoms with Crippen LogP contribution in [-0.4, -0.2) is 31.4 Å². The number of anilines is 1. The number of hydrogen-bond donors (Lipinski definition) is 1. The van der Waals surface area contributed by atoms with E-state index in [-0.39, 0.29) is 18.3 Å². The lowest BCUT2D eigenvalue weighted by Crippen LogP contribution is -2.14. The van der Waals surface area contributed by atoms with Crippen molar-refractivity contribution in [3.63, 3.8) is 0 Å². The number of nitrogens with zero attached hydrogens (tertiary/aromatic N) is 4. The summed E-state index contributed by atoms with van der Waals surface area (Å²) in [6.07, 6.45) is 1.77. The number of fused-ring (bicyclic) bond motifs is 1. The van der Waals surface area contributed by atoms with Crippen LogP contribution in [0.1, 0.15) is 17.0 Å². The molecule has 0 saturated heterocycles. The van der Waals surface area contributed by atoms with Gasteiger partial charge in [0.15, 0.2) is 16.1 Å². The van der Waals surface area contributed by atoms with E-state index < -0.39 is 0 Å². The van der Waals surface area contributed by atoms with Crippen LogP contribution in [0.3, 0.4) is 0 Å². The van der Waals surface area contributed by atoms with Gasteiger partial charge < -0.3 is 10.1 Å². The minimum atomic E-state index is -0.143. The molecule has 1 N–H and O–H groups in total. The molecule has 4 rings (SSSR count). The SMILES string of the molecule is C=CCn1c(COc2c(C)cccc2C)nnc1SCC(=O)Nc1nc2ccccc2s1. The summed E-state index contributed by atoms with van der Waals surface area (Å²) in [5.74, 6) is 1.59. The zero-order chi connectivity index (χ0) is 22.5. The number of rotatable bonds is 9. The highest BCUT2D eigenvalue weighted by molar-refractivity contribution is 7.99. The summed E-state index contributed by atoms with van der Waals surface area (Å²) >= 11 is 2.77. The molecule has 2 aromatic carbocycles. The van der Waals surface area contributed by atoms with Gasteiger partial charge in [0.25, 0.3) is 0 Å². The molecule has 0 aliphatic rings. The smallest absolute Gasteiger partial charge is 0.236 e. The monoisotopic (exact) mass is 465 g/mol. The van der Waals surface area contributed by atoms with Gasteiger partial charge in [0, 0.05) is 6.54 Å². The fourth-order valence-electron chi connectivity index (χ4n) is 3.22. The first kappa shape index (κ1) is 22.0. The number of carbonyl (C=O) groups excluding carboxylic acids is 1. The van der Waals surface area contributed by atoms with Gasteiger partial charge in [-0.2, -0.15) is 0 Å². The second-order valence-electron chi connectivity index (χ2n) is 7.13. The summed E-state index contributed by atoms with van der Waals surface area (Å²) < 4.78 is 8.98. The van der Waals surface area contributed by atoms with Crippen LogP contribution in [0.4, 0.5) is 5.13 Å². The van der Waals surface area contributed by atoms with Crippen molar-refractivity contribution in [1.29, 1.82) is 0 Å². The van der Waals surface area contributed by atoms with Crippen molar-refractivity contribution in [1.82, 2.24) is 19.7 Å². The number of ether oxygens (including phenoxy) is 1. The van der Waals surface area contributed by atoms with E-state index in [2.05, 4.69) is 27.1 Å². The number of para-hydroxylation sites is 2. The Hall–Kier alpha value is -3.17. The van der Waals surface area contributed by atoms with Crippen LogP contribution in [0, 0.1) is 13.8 Å². The summed E-state index contributed by atoms with van der Waals surface area (Å²) in [5, 5.41) is 12.6. The Labute approximate surface area is 194 Å². The standard InChI is InChI=1S/C23H23N5O2S2/c1-4-12-28-19(13-30-21-15(2)8-7-9-16(21)3)26-27-23(28)31-14-20(29)25-22-24-17-10-5-6-11-18(17)32-22/h4-11H,1,12-14H2,2-3H3,(H,24,25,29). The lowest BCUT2D eigenvalue weighted by Gasteiger charge is -2.12. The second-order valence-corrected chi connectivity index (χ2v) is 9.10. The Kier molecular flexibility index (Phi) is 6.87. The van der Waals surface area contributed by atoms with Gasteiger partial charge in [-0.25, -0.2) is 4.98 Å². The fraction of sp³-hybridized carbons (Fsp3) is 0.217. The number of aryl methyl sites for hydroxylation is 2. The van der Waals surface area contributed by atoms with Crippen molar-refractivity contribution in [2.45, 2.75) is 32.2 Å². The lowest BCUT2D eigenvalue weighted by molar-refractivity contribution is -0.113. The quantitative estimate of drug-likeness (QED) is 0.277. The van der Waals surface area contributed by atoms with E-state index in [1.54, 1.807) is 6.08 Å². The van der Waals surface area contributed by atoms with Crippen molar-refractivity contribution in [3.8, 4) is 5.75 Å². The maximum atomic E-state index is 12.5. The van der Waals surface area contributed by atoms with Crippen molar-refractivity contribution in [2.24, 2.45) is 0 Å². The van der Waals surface area contributed by atoms with Gasteiger partial charge in [-0.1, -0.05) is 59.5 Å². The molecule has 0 saturated carbocycles. The highest BCUT2D eigenvalue weighted by Crippen LogP contribution is 2.26. The predicted molar refractivity (Wildman–Crippen MR) is 129 cm³/mol. The van der Waals surface area contributed by atoms with Crippen LogP contribution in [0.25, 0.3) is 10.2 Å². The number of thiazole rings is 1. The van der Waals surface area contributed by atoms with Gasteiger partial charge in [-0.3, -0.25) is 9.36 Å². The van der Waals surface area contributed by atoms with Crippen molar-refractivity contribution < 1.29 is 9.53 Å². The Morgan fingerprint density at radius 1 is 1.19 bits per heavy atom. The van der Waals surface area contributed by atoms with Crippen molar-refractivity contribution in [2.75, 3.05) is 11.1 Å². The third kappa shape index (κ3) is 5.00. The molecule has 2 aromatic heterocycles. The Morgan fingerprint density at radius 3 is 2.72 bits per heavy atom. The maximum Gasteiger partial charge on any atom is 0.236 e. The van der Waals surface area contributed by atoms with E-state index in [1.807, 2.05) is 60.9 Å². The molecule has 0 atom stereocenters. The fourth-order valence-corrected chi connectivity index (χ4v) is 4.87. The van der Waals surface area contributed by atoms with Crippen LogP contribution in [0.15, 0.2) is 60.3 Å². The summed E-state index contributed by atoms with van der Waals surface area (Å²) in [6, 6.07) is 13.8. The van der Waals surface area contributed by atoms with Crippen LogP contribution < -0.4 is 10.1 Å². The van der Waals surface area contributed by atoms with Gasteiger partial charge in [0.2, 0.25) is 5.91 Å². The topological polar surface area (TPSA) is 81.9 Å². The van der Waals surface area contributed by atoms with Crippen LogP contribution in [0.5, 0.6) is 5.75 Å². The summed E-state index contributed by atoms with van der Waals surface area (Å²) in [5.41, 5.74) is 3.02. The Bertz CT molecular complexity index is 1210. The molecule has 0 radical (unpaired) electrons. The highest BCUT2D eigenvalue weighted by Gasteiger charge is 2.16. The number of benzene rings is 2. The van der Waals surface area contributed by atoms with E-state index in [0.29, 0.717) is 22.7 Å². The molecule has 1 amide bonds. The molecule has 32 heavy (non-hydrogen) atoms. The largest absolute Gasteiger partial charge is 0.485 e. The molecule has 4 aromatic rings. The average Bonchev–Trinajstić information content (AvgIpc) is 3.35. The van der Waals surface area contributed by atoms with Crippen molar-refractivity contribution >= 4 is 44.4 Å². The Morgan fingerprint density at radius 2 is 1.97 bits per heavy atom. The highest BCUT2D eigenvalue weighted by atomic mass is 32.2. The predicted octanol–water partition coefficient (Wildman–Crippen LogP) is 5.00. The minimum absolute atomic E-state index is 0.143. The lowest BCUT2D eigenvalue weighted by atomic mass is 10.1. The molecule has 164 valence electrons. The molecule has 9 heteroatoms. The number of hydrogen-bond acceptors (Lipinski definition) is 7. The molecular weight excluding hydrogens is 442 g/mol. The van der Waals surface area contributed by atoms with Gasteiger partial charge in [0.1, 0.15) is 12.4 Å². The van der Waals surface area contributed by atoms with Crippen LogP contribution in [-0.2, 0) is 17.9 Å². The van der Waals surface area contributed by atoms with Gasteiger partial charge in [0.05, 0.1) is 16.0 Å². The molecule has 2 heterocycles. The van der Waals surface area contributed by atoms with Crippen LogP contribution in [0.2, 0.25) is 0 Å². The zero-order valence-corrected chi connectivity index (χ0v) is 19.5. The van der Waals surface area contributed by atoms with Crippen molar-refractivity contribution in [3.05, 3.63) is 72.1 Å². The molecule has 0 aliphatic heterocycles.